The minimum absolute atomic E-state index is 0.175. The topological polar surface area (TPSA) is 60.5 Å². The number of aromatic nitrogens is 1. The maximum atomic E-state index is 12.4. The van der Waals surface area contributed by atoms with E-state index in [1.54, 1.807) is 12.1 Å². The molecule has 1 amide bonds. The number of anilines is 1. The van der Waals surface area contributed by atoms with Gasteiger partial charge in [-0.2, -0.15) is 0 Å². The van der Waals surface area contributed by atoms with Crippen LogP contribution in [-0.2, 0) is 4.74 Å². The van der Waals surface area contributed by atoms with Crippen LogP contribution in [0.1, 0.15) is 28.8 Å². The monoisotopic (exact) mass is 368 g/mol. The van der Waals surface area contributed by atoms with Crippen molar-refractivity contribution in [2.45, 2.75) is 25.9 Å². The molecular weight excluding hydrogens is 348 g/mol. The molecular formula is C20H20N2O3S. The molecule has 0 saturated carbocycles. The molecule has 2 aromatic carbocycles. The molecule has 5 nitrogen and oxygen atoms in total. The normalized spacial score (nSPS) is 16.7. The van der Waals surface area contributed by atoms with Crippen molar-refractivity contribution in [2.75, 3.05) is 18.5 Å². The van der Waals surface area contributed by atoms with E-state index in [2.05, 4.69) is 16.4 Å². The Kier molecular flexibility index (Phi) is 4.86. The van der Waals surface area contributed by atoms with Gasteiger partial charge in [0, 0.05) is 12.2 Å². The summed E-state index contributed by atoms with van der Waals surface area (Å²) in [5.41, 5.74) is 2.65. The number of rotatable bonds is 5. The van der Waals surface area contributed by atoms with Gasteiger partial charge in [-0.15, -0.1) is 0 Å². The third-order valence-corrected chi connectivity index (χ3v) is 5.27. The number of aryl methyl sites for hydroxylation is 1. The molecule has 1 aliphatic heterocycles. The number of carbonyl (C=O) groups is 1. The molecule has 2 heterocycles. The van der Waals surface area contributed by atoms with Crippen LogP contribution in [0.15, 0.2) is 42.5 Å². The van der Waals surface area contributed by atoms with Gasteiger partial charge in [0.1, 0.15) is 12.4 Å². The van der Waals surface area contributed by atoms with Gasteiger partial charge in [-0.3, -0.25) is 10.1 Å². The largest absolute Gasteiger partial charge is 0.491 e. The van der Waals surface area contributed by atoms with Crippen molar-refractivity contribution >= 4 is 32.6 Å². The van der Waals surface area contributed by atoms with Crippen LogP contribution < -0.4 is 10.1 Å². The van der Waals surface area contributed by atoms with Gasteiger partial charge in [-0.05, 0) is 61.7 Å². The Morgan fingerprint density at radius 2 is 2.15 bits per heavy atom. The van der Waals surface area contributed by atoms with Gasteiger partial charge >= 0.3 is 0 Å². The SMILES string of the molecule is Cc1ccc2nc(NC(=O)c3ccc(OC[C@@H]4CCCO4)cc3)sc2c1. The number of benzene rings is 2. The highest BCUT2D eigenvalue weighted by atomic mass is 32.1. The summed E-state index contributed by atoms with van der Waals surface area (Å²) in [6, 6.07) is 13.2. The summed E-state index contributed by atoms with van der Waals surface area (Å²) in [5.74, 6) is 0.568. The summed E-state index contributed by atoms with van der Waals surface area (Å²) in [4.78, 5) is 16.9. The van der Waals surface area contributed by atoms with Crippen molar-refractivity contribution in [3.63, 3.8) is 0 Å². The van der Waals surface area contributed by atoms with Crippen molar-refractivity contribution < 1.29 is 14.3 Å². The lowest BCUT2D eigenvalue weighted by atomic mass is 10.2. The molecule has 1 saturated heterocycles. The molecule has 0 bridgehead atoms. The van der Waals surface area contributed by atoms with Gasteiger partial charge in [0.2, 0.25) is 0 Å². The molecule has 4 rings (SSSR count). The summed E-state index contributed by atoms with van der Waals surface area (Å²) in [6.07, 6.45) is 2.32. The Labute approximate surface area is 156 Å². The summed E-state index contributed by atoms with van der Waals surface area (Å²) in [5, 5.41) is 3.48. The van der Waals surface area contributed by atoms with E-state index in [-0.39, 0.29) is 12.0 Å². The van der Waals surface area contributed by atoms with Crippen molar-refractivity contribution in [1.29, 1.82) is 0 Å². The predicted molar refractivity (Wildman–Crippen MR) is 103 cm³/mol. The lowest BCUT2D eigenvalue weighted by Gasteiger charge is -2.11. The van der Waals surface area contributed by atoms with Crippen LogP contribution >= 0.6 is 11.3 Å². The van der Waals surface area contributed by atoms with Crippen LogP contribution in [-0.4, -0.2) is 30.2 Å². The van der Waals surface area contributed by atoms with E-state index in [0.717, 1.165) is 35.4 Å². The Morgan fingerprint density at radius 1 is 1.31 bits per heavy atom. The quantitative estimate of drug-likeness (QED) is 0.724. The fourth-order valence-corrected chi connectivity index (χ4v) is 3.88. The molecule has 6 heteroatoms. The van der Waals surface area contributed by atoms with Crippen LogP contribution in [0.3, 0.4) is 0 Å². The van der Waals surface area contributed by atoms with E-state index in [4.69, 9.17) is 9.47 Å². The van der Waals surface area contributed by atoms with Crippen molar-refractivity contribution in [2.24, 2.45) is 0 Å². The Hall–Kier alpha value is -2.44. The Morgan fingerprint density at radius 3 is 2.92 bits per heavy atom. The fourth-order valence-electron chi connectivity index (χ4n) is 2.92. The molecule has 1 aliphatic rings. The molecule has 0 radical (unpaired) electrons. The van der Waals surface area contributed by atoms with Crippen LogP contribution in [0.4, 0.5) is 5.13 Å². The second-order valence-electron chi connectivity index (χ2n) is 6.41. The van der Waals surface area contributed by atoms with Crippen molar-refractivity contribution in [1.82, 2.24) is 4.98 Å². The zero-order valence-electron chi connectivity index (χ0n) is 14.5. The summed E-state index contributed by atoms with van der Waals surface area (Å²) in [7, 11) is 0. The lowest BCUT2D eigenvalue weighted by molar-refractivity contribution is 0.0679. The zero-order chi connectivity index (χ0) is 17.9. The molecule has 134 valence electrons. The molecule has 0 unspecified atom stereocenters. The molecule has 1 N–H and O–H groups in total. The smallest absolute Gasteiger partial charge is 0.257 e. The van der Waals surface area contributed by atoms with Crippen LogP contribution in [0.25, 0.3) is 10.2 Å². The van der Waals surface area contributed by atoms with E-state index in [0.29, 0.717) is 17.3 Å². The first-order valence-electron chi connectivity index (χ1n) is 8.70. The van der Waals surface area contributed by atoms with E-state index in [1.807, 2.05) is 31.2 Å². The van der Waals surface area contributed by atoms with Crippen LogP contribution in [0, 0.1) is 6.92 Å². The van der Waals surface area contributed by atoms with E-state index < -0.39 is 0 Å². The number of ether oxygens (including phenoxy) is 2. The van der Waals surface area contributed by atoms with Gasteiger partial charge in [0.15, 0.2) is 5.13 Å². The summed E-state index contributed by atoms with van der Waals surface area (Å²) >= 11 is 1.48. The van der Waals surface area contributed by atoms with Crippen LogP contribution in [0.2, 0.25) is 0 Å². The van der Waals surface area contributed by atoms with Crippen molar-refractivity contribution in [3.05, 3.63) is 53.6 Å². The standard InChI is InChI=1S/C20H20N2O3S/c1-13-4-9-17-18(11-13)26-20(21-17)22-19(23)14-5-7-15(8-6-14)25-12-16-3-2-10-24-16/h4-9,11,16H,2-3,10,12H2,1H3,(H,21,22,23)/t16-/m0/s1. The molecule has 1 atom stereocenters. The van der Waals surface area contributed by atoms with Gasteiger partial charge in [-0.25, -0.2) is 4.98 Å². The number of thiazole rings is 1. The summed E-state index contributed by atoms with van der Waals surface area (Å²) < 4.78 is 12.3. The van der Waals surface area contributed by atoms with Gasteiger partial charge in [0.25, 0.3) is 5.91 Å². The first-order valence-corrected chi connectivity index (χ1v) is 9.52. The third-order valence-electron chi connectivity index (χ3n) is 4.34. The fraction of sp³-hybridized carbons (Fsp3) is 0.300. The number of hydrogen-bond donors (Lipinski definition) is 1. The number of nitrogens with one attached hydrogen (secondary N) is 1. The molecule has 0 spiro atoms. The Balaban J connectivity index is 1.38. The first-order chi connectivity index (χ1) is 12.7. The molecule has 1 fully saturated rings. The molecule has 1 aromatic heterocycles. The van der Waals surface area contributed by atoms with Gasteiger partial charge in [0.05, 0.1) is 16.3 Å². The molecule has 26 heavy (non-hydrogen) atoms. The van der Waals surface area contributed by atoms with E-state index in [9.17, 15) is 4.79 Å². The van der Waals surface area contributed by atoms with Crippen LogP contribution in [0.5, 0.6) is 5.75 Å². The first kappa shape index (κ1) is 17.0. The van der Waals surface area contributed by atoms with E-state index >= 15 is 0 Å². The van der Waals surface area contributed by atoms with E-state index in [1.165, 1.54) is 16.9 Å². The predicted octanol–water partition coefficient (Wildman–Crippen LogP) is 4.41. The number of hydrogen-bond acceptors (Lipinski definition) is 5. The van der Waals surface area contributed by atoms with Gasteiger partial charge < -0.3 is 9.47 Å². The number of fused-ring (bicyclic) bond motifs is 1. The Bertz CT molecular complexity index is 914. The average Bonchev–Trinajstić information content (AvgIpc) is 3.29. The summed E-state index contributed by atoms with van der Waals surface area (Å²) in [6.45, 7) is 3.41. The number of nitrogens with zero attached hydrogens (tertiary/aromatic N) is 1. The minimum Gasteiger partial charge on any atom is -0.491 e. The maximum Gasteiger partial charge on any atom is 0.257 e. The second kappa shape index (κ2) is 7.43. The average molecular weight is 368 g/mol. The molecule has 0 aliphatic carbocycles. The zero-order valence-corrected chi connectivity index (χ0v) is 15.3. The van der Waals surface area contributed by atoms with Gasteiger partial charge in [-0.1, -0.05) is 17.4 Å². The number of amides is 1. The number of carbonyl (C=O) groups excluding carboxylic acids is 1. The highest BCUT2D eigenvalue weighted by molar-refractivity contribution is 7.22. The maximum absolute atomic E-state index is 12.4. The highest BCUT2D eigenvalue weighted by Gasteiger charge is 2.16. The van der Waals surface area contributed by atoms with Crippen molar-refractivity contribution in [3.8, 4) is 5.75 Å². The minimum atomic E-state index is -0.175. The highest BCUT2D eigenvalue weighted by Crippen LogP contribution is 2.27. The second-order valence-corrected chi connectivity index (χ2v) is 7.45. The third kappa shape index (κ3) is 3.86. The lowest BCUT2D eigenvalue weighted by Crippen LogP contribution is -2.16. The molecule has 3 aromatic rings.